The van der Waals surface area contributed by atoms with Crippen LogP contribution in [0.4, 0.5) is 0 Å². The van der Waals surface area contributed by atoms with Crippen molar-refractivity contribution < 1.29 is 39.8 Å². The average molecular weight is 453 g/mol. The lowest BCUT2D eigenvalue weighted by Gasteiger charge is -2.68. The summed E-state index contributed by atoms with van der Waals surface area (Å²) in [5, 5.41) is 57.4. The molecule has 5 N–H and O–H groups in total. The molecule has 180 valence electrons. The Morgan fingerprint density at radius 1 is 1.19 bits per heavy atom. The van der Waals surface area contributed by atoms with Gasteiger partial charge in [0.2, 0.25) is 0 Å². The number of esters is 1. The van der Waals surface area contributed by atoms with E-state index in [1.807, 2.05) is 6.92 Å². The number of ether oxygens (including phenoxy) is 2. The number of cyclic esters (lactones) is 1. The van der Waals surface area contributed by atoms with Crippen molar-refractivity contribution in [1.29, 1.82) is 0 Å². The Hall–Kier alpha value is -1.03. The number of carbonyl (C=O) groups is 1. The van der Waals surface area contributed by atoms with Crippen LogP contribution in [0.15, 0.2) is 11.6 Å². The number of hydrogen-bond acceptors (Lipinski definition) is 8. The van der Waals surface area contributed by atoms with Gasteiger partial charge in [-0.2, -0.15) is 0 Å². The fourth-order valence-electron chi connectivity index (χ4n) is 8.85. The molecule has 10 atom stereocenters. The molecule has 4 saturated carbocycles. The minimum absolute atomic E-state index is 0.0883. The molecule has 8 nitrogen and oxygen atoms in total. The number of methoxy groups -OCH3 is 1. The molecule has 0 saturated heterocycles. The molecule has 1 aliphatic heterocycles. The third-order valence-electron chi connectivity index (χ3n) is 10.4. The first kappa shape index (κ1) is 22.7. The van der Waals surface area contributed by atoms with E-state index in [0.717, 1.165) is 5.57 Å². The standard InChI is InChI=1S/C24H36O8/c1-21-10-17(26)20-16(24(21,30)6-4-15(21)13-7-19(28)32-11-13)3-5-22(29)9-14(31-2)8-18(27)23(20,22)12-25/h7,14-18,20,25-27,29-30H,3-6,8-12H2,1-2H3/t14-,15+,16?,17+,18+,20?,21+,22-,23+,24-/m0/s1. The van der Waals surface area contributed by atoms with Gasteiger partial charge in [-0.1, -0.05) is 6.92 Å². The molecule has 8 heteroatoms. The van der Waals surface area contributed by atoms with E-state index < -0.39 is 46.8 Å². The molecule has 0 radical (unpaired) electrons. The average Bonchev–Trinajstić information content (AvgIpc) is 3.27. The van der Waals surface area contributed by atoms with E-state index in [1.165, 1.54) is 6.08 Å². The predicted molar refractivity (Wildman–Crippen MR) is 112 cm³/mol. The Labute approximate surface area is 188 Å². The Balaban J connectivity index is 1.56. The van der Waals surface area contributed by atoms with Crippen molar-refractivity contribution in [2.75, 3.05) is 20.3 Å². The van der Waals surface area contributed by atoms with Crippen molar-refractivity contribution >= 4 is 5.97 Å². The fraction of sp³-hybridized carbons (Fsp3) is 0.875. The third-order valence-corrected chi connectivity index (χ3v) is 10.4. The lowest BCUT2D eigenvalue weighted by atomic mass is 9.40. The highest BCUT2D eigenvalue weighted by Crippen LogP contribution is 2.70. The maximum Gasteiger partial charge on any atom is 0.331 e. The van der Waals surface area contributed by atoms with Crippen molar-refractivity contribution in [2.24, 2.45) is 28.6 Å². The van der Waals surface area contributed by atoms with Gasteiger partial charge in [0.1, 0.15) is 6.61 Å². The minimum atomic E-state index is -1.39. The Morgan fingerprint density at radius 2 is 1.94 bits per heavy atom. The van der Waals surface area contributed by atoms with Gasteiger partial charge in [-0.3, -0.25) is 0 Å². The van der Waals surface area contributed by atoms with E-state index in [9.17, 15) is 30.3 Å². The Morgan fingerprint density at radius 3 is 2.56 bits per heavy atom. The summed E-state index contributed by atoms with van der Waals surface area (Å²) in [6.07, 6.45) is 1.99. The Bertz CT molecular complexity index is 829. The van der Waals surface area contributed by atoms with Crippen LogP contribution in [0.25, 0.3) is 0 Å². The van der Waals surface area contributed by atoms with Crippen molar-refractivity contribution in [3.05, 3.63) is 11.6 Å². The number of aliphatic hydroxyl groups excluding tert-OH is 3. The second-order valence-corrected chi connectivity index (χ2v) is 11.2. The maximum atomic E-state index is 12.2. The molecular formula is C24H36O8. The second-order valence-electron chi connectivity index (χ2n) is 11.2. The molecule has 1 heterocycles. The van der Waals surface area contributed by atoms with Crippen molar-refractivity contribution in [1.82, 2.24) is 0 Å². The van der Waals surface area contributed by atoms with Gasteiger partial charge in [-0.05, 0) is 49.5 Å². The third kappa shape index (κ3) is 2.62. The van der Waals surface area contributed by atoms with Crippen molar-refractivity contribution in [2.45, 2.75) is 81.4 Å². The van der Waals surface area contributed by atoms with Crippen LogP contribution in [0.1, 0.15) is 51.9 Å². The van der Waals surface area contributed by atoms with E-state index in [0.29, 0.717) is 25.7 Å². The van der Waals surface area contributed by atoms with E-state index in [4.69, 9.17) is 9.47 Å². The van der Waals surface area contributed by atoms with Crippen LogP contribution in [0.2, 0.25) is 0 Å². The molecule has 32 heavy (non-hydrogen) atoms. The van der Waals surface area contributed by atoms with Crippen molar-refractivity contribution in [3.63, 3.8) is 0 Å². The monoisotopic (exact) mass is 452 g/mol. The number of rotatable bonds is 3. The van der Waals surface area contributed by atoms with Crippen molar-refractivity contribution in [3.8, 4) is 0 Å². The van der Waals surface area contributed by atoms with Crippen LogP contribution in [-0.4, -0.2) is 81.3 Å². The first-order valence-electron chi connectivity index (χ1n) is 11.9. The SMILES string of the molecule is CO[C@H]1C[C@@H](O)[C@]2(CO)C3C(CC[C@]2(O)C1)[C@@]1(O)CC[C@H](C2=CC(=O)OC2)[C@@]1(C)C[C@H]3O. The zero-order valence-electron chi connectivity index (χ0n) is 18.9. The predicted octanol–water partition coefficient (Wildman–Crippen LogP) is 0.287. The zero-order chi connectivity index (χ0) is 23.1. The van der Waals surface area contributed by atoms with Gasteiger partial charge in [-0.15, -0.1) is 0 Å². The van der Waals surface area contributed by atoms with Crippen LogP contribution in [0.5, 0.6) is 0 Å². The molecule has 0 spiro atoms. The largest absolute Gasteiger partial charge is 0.458 e. The molecule has 0 aromatic carbocycles. The number of carbonyl (C=O) groups excluding carboxylic acids is 1. The second kappa shape index (κ2) is 7.23. The maximum absolute atomic E-state index is 12.2. The molecule has 5 aliphatic rings. The van der Waals surface area contributed by atoms with E-state index >= 15 is 0 Å². The number of aliphatic hydroxyl groups is 5. The molecule has 0 amide bonds. The summed E-state index contributed by atoms with van der Waals surface area (Å²) < 4.78 is 10.6. The summed E-state index contributed by atoms with van der Waals surface area (Å²) in [4.78, 5) is 11.7. The zero-order valence-corrected chi connectivity index (χ0v) is 18.9. The van der Waals surface area contributed by atoms with Crippen LogP contribution in [0.3, 0.4) is 0 Å². The fourth-order valence-corrected chi connectivity index (χ4v) is 8.85. The number of fused-ring (bicyclic) bond motifs is 5. The van der Waals surface area contributed by atoms with Gasteiger partial charge in [0.25, 0.3) is 0 Å². The van der Waals surface area contributed by atoms with Gasteiger partial charge in [0, 0.05) is 37.4 Å². The lowest BCUT2D eigenvalue weighted by Crippen LogP contribution is -2.75. The topological polar surface area (TPSA) is 137 Å². The first-order chi connectivity index (χ1) is 15.1. The summed E-state index contributed by atoms with van der Waals surface area (Å²) in [5.41, 5.74) is -3.67. The molecular weight excluding hydrogens is 416 g/mol. The highest BCUT2D eigenvalue weighted by molar-refractivity contribution is 5.85. The smallest absolute Gasteiger partial charge is 0.331 e. The van der Waals surface area contributed by atoms with Gasteiger partial charge >= 0.3 is 5.97 Å². The van der Waals surface area contributed by atoms with Gasteiger partial charge in [0.15, 0.2) is 0 Å². The van der Waals surface area contributed by atoms with E-state index in [1.54, 1.807) is 7.11 Å². The van der Waals surface area contributed by atoms with E-state index in [2.05, 4.69) is 0 Å². The van der Waals surface area contributed by atoms with Crippen LogP contribution in [-0.2, 0) is 14.3 Å². The van der Waals surface area contributed by atoms with Crippen LogP contribution >= 0.6 is 0 Å². The molecule has 4 fully saturated rings. The van der Waals surface area contributed by atoms with Gasteiger partial charge < -0.3 is 35.0 Å². The minimum Gasteiger partial charge on any atom is -0.458 e. The van der Waals surface area contributed by atoms with Crippen LogP contribution in [0, 0.1) is 28.6 Å². The quantitative estimate of drug-likeness (QED) is 0.386. The lowest BCUT2D eigenvalue weighted by molar-refractivity contribution is -0.318. The van der Waals surface area contributed by atoms with Gasteiger partial charge in [0.05, 0.1) is 41.5 Å². The normalized spacial score (nSPS) is 55.0. The molecule has 0 aromatic heterocycles. The first-order valence-corrected chi connectivity index (χ1v) is 11.9. The molecule has 5 rings (SSSR count). The Kier molecular flexibility index (Phi) is 5.14. The number of hydrogen-bond donors (Lipinski definition) is 5. The summed E-state index contributed by atoms with van der Waals surface area (Å²) in [6, 6.07) is 0. The van der Waals surface area contributed by atoms with Gasteiger partial charge in [-0.25, -0.2) is 4.79 Å². The highest BCUT2D eigenvalue weighted by atomic mass is 16.5. The highest BCUT2D eigenvalue weighted by Gasteiger charge is 2.75. The molecule has 2 unspecified atom stereocenters. The summed E-state index contributed by atoms with van der Waals surface area (Å²) in [6.45, 7) is 1.73. The van der Waals surface area contributed by atoms with E-state index in [-0.39, 0.29) is 49.8 Å². The van der Waals surface area contributed by atoms with Crippen LogP contribution < -0.4 is 0 Å². The molecule has 4 aliphatic carbocycles. The summed E-state index contributed by atoms with van der Waals surface area (Å²) in [7, 11) is 1.55. The summed E-state index contributed by atoms with van der Waals surface area (Å²) >= 11 is 0. The summed E-state index contributed by atoms with van der Waals surface area (Å²) in [5.74, 6) is -1.49. The molecule has 0 bridgehead atoms. The molecule has 0 aromatic rings.